The highest BCUT2D eigenvalue weighted by Crippen LogP contribution is 2.30. The Morgan fingerprint density at radius 1 is 1.24 bits per heavy atom. The van der Waals surface area contributed by atoms with Crippen molar-refractivity contribution < 1.29 is 14.6 Å². The minimum absolute atomic E-state index is 0.272. The molecule has 1 aromatic carbocycles. The monoisotopic (exact) mass is 406 g/mol. The first-order valence-electron chi connectivity index (χ1n) is 10.7. The molecule has 0 aromatic heterocycles. The van der Waals surface area contributed by atoms with Gasteiger partial charge >= 0.3 is 0 Å². The largest absolute Gasteiger partial charge is 0.493 e. The second-order valence-electron chi connectivity index (χ2n) is 7.51. The van der Waals surface area contributed by atoms with E-state index in [0.29, 0.717) is 17.5 Å². The van der Waals surface area contributed by atoms with Crippen molar-refractivity contribution in [2.24, 2.45) is 4.99 Å². The summed E-state index contributed by atoms with van der Waals surface area (Å²) in [5.74, 6) is 1.98. The predicted octanol–water partition coefficient (Wildman–Crippen LogP) is 2.56. The summed E-state index contributed by atoms with van der Waals surface area (Å²) >= 11 is 0. The van der Waals surface area contributed by atoms with E-state index in [-0.39, 0.29) is 6.54 Å². The van der Waals surface area contributed by atoms with Crippen LogP contribution >= 0.6 is 0 Å². The van der Waals surface area contributed by atoms with Crippen LogP contribution in [0.3, 0.4) is 0 Å². The molecular weight excluding hydrogens is 368 g/mol. The molecule has 0 amide bonds. The van der Waals surface area contributed by atoms with Gasteiger partial charge in [0.25, 0.3) is 0 Å². The zero-order valence-corrected chi connectivity index (χ0v) is 18.4. The number of methoxy groups -OCH3 is 2. The quantitative estimate of drug-likeness (QED) is 0.315. The number of piperidine rings is 1. The fourth-order valence-electron chi connectivity index (χ4n) is 3.66. The van der Waals surface area contributed by atoms with Gasteiger partial charge in [-0.25, -0.2) is 0 Å². The average Bonchev–Trinajstić information content (AvgIpc) is 2.75. The predicted molar refractivity (Wildman–Crippen MR) is 118 cm³/mol. The molecule has 0 radical (unpaired) electrons. The van der Waals surface area contributed by atoms with E-state index in [1.54, 1.807) is 26.4 Å². The van der Waals surface area contributed by atoms with Crippen molar-refractivity contribution in [3.63, 3.8) is 0 Å². The third kappa shape index (κ3) is 7.40. The number of likely N-dealkylation sites (tertiary alicyclic amines) is 1. The Balaban J connectivity index is 1.84. The van der Waals surface area contributed by atoms with Crippen LogP contribution in [0.1, 0.15) is 51.2 Å². The van der Waals surface area contributed by atoms with E-state index in [1.807, 2.05) is 13.0 Å². The maximum absolute atomic E-state index is 10.5. The standard InChI is InChI=1S/C22H38N4O3/c1-5-23-22(24-12-8-14-26-13-7-6-9-17(26)2)25-16-19(27)18-10-11-20(28-3)21(15-18)29-4/h10-11,15,17,19,27H,5-9,12-14,16H2,1-4H3,(H2,23,24,25). The molecule has 7 heteroatoms. The van der Waals surface area contributed by atoms with E-state index in [1.165, 1.54) is 25.8 Å². The molecule has 164 valence electrons. The van der Waals surface area contributed by atoms with E-state index in [0.717, 1.165) is 37.6 Å². The van der Waals surface area contributed by atoms with Crippen LogP contribution in [-0.2, 0) is 0 Å². The highest BCUT2D eigenvalue weighted by Gasteiger charge is 2.17. The number of hydrogen-bond acceptors (Lipinski definition) is 5. The van der Waals surface area contributed by atoms with Crippen LogP contribution in [0.2, 0.25) is 0 Å². The minimum Gasteiger partial charge on any atom is -0.493 e. The number of nitrogens with zero attached hydrogens (tertiary/aromatic N) is 2. The molecular formula is C22H38N4O3. The SMILES string of the molecule is CCNC(=NCC(O)c1ccc(OC)c(OC)c1)NCCCN1CCCCC1C. The lowest BCUT2D eigenvalue weighted by atomic mass is 10.0. The smallest absolute Gasteiger partial charge is 0.191 e. The fourth-order valence-corrected chi connectivity index (χ4v) is 3.66. The van der Waals surface area contributed by atoms with Gasteiger partial charge in [-0.15, -0.1) is 0 Å². The van der Waals surface area contributed by atoms with Gasteiger partial charge in [-0.1, -0.05) is 12.5 Å². The van der Waals surface area contributed by atoms with Crippen LogP contribution in [0.15, 0.2) is 23.2 Å². The summed E-state index contributed by atoms with van der Waals surface area (Å²) < 4.78 is 10.6. The Morgan fingerprint density at radius 2 is 2.03 bits per heavy atom. The molecule has 2 unspecified atom stereocenters. The molecule has 29 heavy (non-hydrogen) atoms. The van der Waals surface area contributed by atoms with Gasteiger partial charge in [0.15, 0.2) is 17.5 Å². The van der Waals surface area contributed by atoms with Crippen LogP contribution in [0.25, 0.3) is 0 Å². The van der Waals surface area contributed by atoms with Gasteiger partial charge in [0.05, 0.1) is 26.9 Å². The molecule has 1 saturated heterocycles. The van der Waals surface area contributed by atoms with Crippen molar-refractivity contribution in [2.75, 3.05) is 46.9 Å². The first-order valence-corrected chi connectivity index (χ1v) is 10.7. The van der Waals surface area contributed by atoms with E-state index < -0.39 is 6.10 Å². The van der Waals surface area contributed by atoms with Crippen LogP contribution in [0.5, 0.6) is 11.5 Å². The van der Waals surface area contributed by atoms with E-state index in [2.05, 4.69) is 27.4 Å². The molecule has 1 fully saturated rings. The summed E-state index contributed by atoms with van der Waals surface area (Å²) in [5.41, 5.74) is 0.751. The van der Waals surface area contributed by atoms with Gasteiger partial charge < -0.3 is 30.1 Å². The Kier molecular flexibility index (Phi) is 10.1. The second kappa shape index (κ2) is 12.5. The van der Waals surface area contributed by atoms with Crippen LogP contribution in [0.4, 0.5) is 0 Å². The lowest BCUT2D eigenvalue weighted by Gasteiger charge is -2.33. The number of aliphatic imine (C=N–C) groups is 1. The molecule has 0 saturated carbocycles. The number of ether oxygens (including phenoxy) is 2. The number of hydrogen-bond donors (Lipinski definition) is 3. The number of aliphatic hydroxyl groups is 1. The van der Waals surface area contributed by atoms with Gasteiger partial charge in [-0.2, -0.15) is 0 Å². The molecule has 2 atom stereocenters. The van der Waals surface area contributed by atoms with Gasteiger partial charge in [-0.05, 0) is 57.4 Å². The summed E-state index contributed by atoms with van der Waals surface area (Å²) in [4.78, 5) is 7.13. The average molecular weight is 407 g/mol. The van der Waals surface area contributed by atoms with Gasteiger partial charge in [0, 0.05) is 25.7 Å². The number of rotatable bonds is 10. The first-order chi connectivity index (χ1) is 14.1. The lowest BCUT2D eigenvalue weighted by molar-refractivity contribution is 0.159. The highest BCUT2D eigenvalue weighted by atomic mass is 16.5. The Hall–Kier alpha value is -1.99. The normalized spacial score (nSPS) is 18.9. The number of guanidine groups is 1. The third-order valence-corrected chi connectivity index (χ3v) is 5.41. The highest BCUT2D eigenvalue weighted by molar-refractivity contribution is 5.79. The van der Waals surface area contributed by atoms with Crippen molar-refractivity contribution in [3.05, 3.63) is 23.8 Å². The molecule has 0 aliphatic carbocycles. The van der Waals surface area contributed by atoms with E-state index in [9.17, 15) is 5.11 Å². The fraction of sp³-hybridized carbons (Fsp3) is 0.682. The summed E-state index contributed by atoms with van der Waals surface area (Å²) in [5, 5.41) is 17.2. The maximum Gasteiger partial charge on any atom is 0.191 e. The Morgan fingerprint density at radius 3 is 2.72 bits per heavy atom. The van der Waals surface area contributed by atoms with Crippen LogP contribution in [-0.4, -0.2) is 69.0 Å². The van der Waals surface area contributed by atoms with Crippen molar-refractivity contribution in [2.45, 2.75) is 51.7 Å². The van der Waals surface area contributed by atoms with E-state index >= 15 is 0 Å². The molecule has 7 nitrogen and oxygen atoms in total. The number of aliphatic hydroxyl groups excluding tert-OH is 1. The Labute approximate surface area is 175 Å². The molecule has 1 aliphatic heterocycles. The first kappa shape index (κ1) is 23.3. The second-order valence-corrected chi connectivity index (χ2v) is 7.51. The lowest BCUT2D eigenvalue weighted by Crippen LogP contribution is -2.41. The zero-order valence-electron chi connectivity index (χ0n) is 18.4. The maximum atomic E-state index is 10.5. The molecule has 3 N–H and O–H groups in total. The Bertz CT molecular complexity index is 638. The van der Waals surface area contributed by atoms with Crippen molar-refractivity contribution in [1.29, 1.82) is 0 Å². The van der Waals surface area contributed by atoms with Crippen LogP contribution in [0, 0.1) is 0 Å². The van der Waals surface area contributed by atoms with Crippen LogP contribution < -0.4 is 20.1 Å². The summed E-state index contributed by atoms with van der Waals surface area (Å²) in [7, 11) is 3.18. The van der Waals surface area contributed by atoms with Crippen molar-refractivity contribution in [3.8, 4) is 11.5 Å². The molecule has 1 aliphatic rings. The summed E-state index contributed by atoms with van der Waals surface area (Å²) in [6.07, 6.45) is 4.35. The molecule has 0 bridgehead atoms. The zero-order chi connectivity index (χ0) is 21.1. The number of nitrogens with one attached hydrogen (secondary N) is 2. The third-order valence-electron chi connectivity index (χ3n) is 5.41. The molecule has 0 spiro atoms. The number of benzene rings is 1. The minimum atomic E-state index is -0.709. The van der Waals surface area contributed by atoms with Gasteiger partial charge in [0.2, 0.25) is 0 Å². The van der Waals surface area contributed by atoms with Gasteiger partial charge in [0.1, 0.15) is 0 Å². The van der Waals surface area contributed by atoms with Gasteiger partial charge in [-0.3, -0.25) is 4.99 Å². The summed E-state index contributed by atoms with van der Waals surface area (Å²) in [6, 6.07) is 6.12. The molecule has 1 heterocycles. The van der Waals surface area contributed by atoms with E-state index in [4.69, 9.17) is 9.47 Å². The van der Waals surface area contributed by atoms with Crippen molar-refractivity contribution in [1.82, 2.24) is 15.5 Å². The summed E-state index contributed by atoms with van der Waals surface area (Å²) in [6.45, 7) is 8.61. The van der Waals surface area contributed by atoms with Crippen molar-refractivity contribution >= 4 is 5.96 Å². The topological polar surface area (TPSA) is 78.4 Å². The molecule has 2 rings (SSSR count). The molecule has 1 aromatic rings.